The maximum Gasteiger partial charge on any atom is 0.267 e. The number of nitrogens with zero attached hydrogens (tertiary/aromatic N) is 6. The number of benzene rings is 1. The van der Waals surface area contributed by atoms with Gasteiger partial charge in [-0.3, -0.25) is 9.69 Å². The zero-order valence-corrected chi connectivity index (χ0v) is 20.1. The molecule has 0 spiro atoms. The summed E-state index contributed by atoms with van der Waals surface area (Å²) in [5, 5.41) is 9.11. The molecule has 2 aromatic heterocycles. The summed E-state index contributed by atoms with van der Waals surface area (Å²) in [6.45, 7) is 9.39. The lowest BCUT2D eigenvalue weighted by Crippen LogP contribution is -2.57. The van der Waals surface area contributed by atoms with Crippen molar-refractivity contribution in [2.75, 3.05) is 31.2 Å². The van der Waals surface area contributed by atoms with E-state index >= 15 is 0 Å². The monoisotopic (exact) mass is 462 g/mol. The quantitative estimate of drug-likeness (QED) is 0.589. The molecule has 2 aliphatic rings. The third-order valence-electron chi connectivity index (χ3n) is 7.02. The number of aryl methyl sites for hydroxylation is 1. The number of nitriles is 1. The summed E-state index contributed by atoms with van der Waals surface area (Å²) >= 11 is 0. The van der Waals surface area contributed by atoms with Gasteiger partial charge < -0.3 is 14.4 Å². The Bertz CT molecular complexity index is 1320. The Morgan fingerprint density at radius 2 is 1.91 bits per heavy atom. The number of hydrogen-bond acceptors (Lipinski definition) is 7. The Kier molecular flexibility index (Phi) is 5.70. The minimum Gasteiger partial charge on any atom is -0.486 e. The maximum absolute atomic E-state index is 12.7. The van der Waals surface area contributed by atoms with Gasteiger partial charge in [-0.2, -0.15) is 5.26 Å². The lowest BCUT2D eigenvalue weighted by atomic mass is 10.00. The number of anilines is 1. The summed E-state index contributed by atoms with van der Waals surface area (Å²) in [4.78, 5) is 22.2. The van der Waals surface area contributed by atoms with Gasteiger partial charge in [-0.05, 0) is 38.5 Å². The molecule has 5 rings (SSSR count). The second kappa shape index (κ2) is 8.69. The van der Waals surface area contributed by atoms with E-state index in [0.29, 0.717) is 24.6 Å². The fourth-order valence-electron chi connectivity index (χ4n) is 5.12. The summed E-state index contributed by atoms with van der Waals surface area (Å²) in [5.41, 5.74) is 3.28. The fraction of sp³-hybridized carbons (Fsp3) is 0.480. The standard InChI is InChI=1S/C25H30N6O3/c1-16-14-30(21-12-24(32)28(4)31-15-20(7-8-26)27-25(21)31)17(2)13-29(16)18(3)19-5-6-22-23(11-19)34-10-9-33-22/h5-6,11-12,15-18H,7,9-10,13-14H2,1-4H3/t16-,17+,18?/m1/s1. The number of fused-ring (bicyclic) bond motifs is 2. The highest BCUT2D eigenvalue weighted by molar-refractivity contribution is 5.69. The van der Waals surface area contributed by atoms with Crippen molar-refractivity contribution >= 4 is 11.3 Å². The molecule has 2 aliphatic heterocycles. The van der Waals surface area contributed by atoms with E-state index in [-0.39, 0.29) is 30.1 Å². The number of piperazine rings is 1. The molecule has 0 bridgehead atoms. The average molecular weight is 463 g/mol. The fourth-order valence-corrected chi connectivity index (χ4v) is 5.12. The predicted molar refractivity (Wildman–Crippen MR) is 129 cm³/mol. The van der Waals surface area contributed by atoms with Gasteiger partial charge >= 0.3 is 0 Å². The Morgan fingerprint density at radius 3 is 2.68 bits per heavy atom. The second-order valence-electron chi connectivity index (χ2n) is 9.25. The van der Waals surface area contributed by atoms with Crippen LogP contribution >= 0.6 is 0 Å². The molecule has 4 heterocycles. The largest absolute Gasteiger partial charge is 0.486 e. The lowest BCUT2D eigenvalue weighted by molar-refractivity contribution is 0.118. The summed E-state index contributed by atoms with van der Waals surface area (Å²) in [6.07, 6.45) is 1.99. The third kappa shape index (κ3) is 3.78. The van der Waals surface area contributed by atoms with Crippen molar-refractivity contribution in [2.24, 2.45) is 7.05 Å². The molecule has 0 aliphatic carbocycles. The molecule has 0 radical (unpaired) electrons. The van der Waals surface area contributed by atoms with Crippen LogP contribution in [0.25, 0.3) is 5.65 Å². The molecule has 0 N–H and O–H groups in total. The predicted octanol–water partition coefficient (Wildman–Crippen LogP) is 2.53. The van der Waals surface area contributed by atoms with E-state index < -0.39 is 0 Å². The Morgan fingerprint density at radius 1 is 1.15 bits per heavy atom. The number of ether oxygens (including phenoxy) is 2. The van der Waals surface area contributed by atoms with E-state index in [2.05, 4.69) is 53.8 Å². The van der Waals surface area contributed by atoms with Crippen molar-refractivity contribution in [3.63, 3.8) is 0 Å². The minimum atomic E-state index is -0.102. The zero-order chi connectivity index (χ0) is 24.0. The van der Waals surface area contributed by atoms with Crippen LogP contribution in [0.4, 0.5) is 5.69 Å². The molecule has 1 fully saturated rings. The van der Waals surface area contributed by atoms with E-state index in [1.807, 2.05) is 6.07 Å². The number of rotatable bonds is 4. The van der Waals surface area contributed by atoms with Crippen LogP contribution < -0.4 is 19.9 Å². The lowest BCUT2D eigenvalue weighted by Gasteiger charge is -2.47. The number of hydrogen-bond donors (Lipinski definition) is 0. The van der Waals surface area contributed by atoms with Crippen molar-refractivity contribution in [3.8, 4) is 17.6 Å². The highest BCUT2D eigenvalue weighted by Gasteiger charge is 2.34. The second-order valence-corrected chi connectivity index (χ2v) is 9.25. The van der Waals surface area contributed by atoms with E-state index in [4.69, 9.17) is 14.7 Å². The summed E-state index contributed by atoms with van der Waals surface area (Å²) < 4.78 is 14.8. The highest BCUT2D eigenvalue weighted by Crippen LogP contribution is 2.36. The molecular weight excluding hydrogens is 432 g/mol. The summed E-state index contributed by atoms with van der Waals surface area (Å²) in [7, 11) is 1.72. The molecule has 0 amide bonds. The molecule has 9 nitrogen and oxygen atoms in total. The van der Waals surface area contributed by atoms with Crippen molar-refractivity contribution in [1.29, 1.82) is 5.26 Å². The van der Waals surface area contributed by atoms with Crippen LogP contribution in [0.5, 0.6) is 11.5 Å². The molecule has 3 aromatic rings. The van der Waals surface area contributed by atoms with Gasteiger partial charge in [0.1, 0.15) is 13.2 Å². The molecule has 1 unspecified atom stereocenters. The van der Waals surface area contributed by atoms with Gasteiger partial charge in [0.05, 0.1) is 30.1 Å². The van der Waals surface area contributed by atoms with Crippen molar-refractivity contribution < 1.29 is 9.47 Å². The maximum atomic E-state index is 12.7. The van der Waals surface area contributed by atoms with Crippen molar-refractivity contribution in [3.05, 3.63) is 52.1 Å². The van der Waals surface area contributed by atoms with Crippen LogP contribution in [0.2, 0.25) is 0 Å². The van der Waals surface area contributed by atoms with E-state index in [0.717, 1.165) is 30.3 Å². The van der Waals surface area contributed by atoms with Gasteiger partial charge in [0.25, 0.3) is 5.56 Å². The van der Waals surface area contributed by atoms with Crippen LogP contribution in [0, 0.1) is 11.3 Å². The first-order valence-corrected chi connectivity index (χ1v) is 11.7. The molecule has 34 heavy (non-hydrogen) atoms. The molecule has 3 atom stereocenters. The molecular formula is C25H30N6O3. The Balaban J connectivity index is 1.43. The van der Waals surface area contributed by atoms with Crippen molar-refractivity contribution in [2.45, 2.75) is 45.3 Å². The average Bonchev–Trinajstić information content (AvgIpc) is 3.26. The van der Waals surface area contributed by atoms with Gasteiger partial charge in [0.2, 0.25) is 0 Å². The first-order valence-electron chi connectivity index (χ1n) is 11.7. The zero-order valence-electron chi connectivity index (χ0n) is 20.1. The van der Waals surface area contributed by atoms with E-state index in [1.165, 1.54) is 10.2 Å². The minimum absolute atomic E-state index is 0.102. The van der Waals surface area contributed by atoms with E-state index in [1.54, 1.807) is 23.8 Å². The highest BCUT2D eigenvalue weighted by atomic mass is 16.6. The van der Waals surface area contributed by atoms with Crippen molar-refractivity contribution in [1.82, 2.24) is 19.1 Å². The van der Waals surface area contributed by atoms with Gasteiger partial charge in [0, 0.05) is 44.3 Å². The number of imidazole rings is 1. The molecule has 1 aromatic carbocycles. The van der Waals surface area contributed by atoms with Gasteiger partial charge in [-0.1, -0.05) is 6.07 Å². The van der Waals surface area contributed by atoms with Gasteiger partial charge in [0.15, 0.2) is 17.1 Å². The van der Waals surface area contributed by atoms with E-state index in [9.17, 15) is 4.79 Å². The summed E-state index contributed by atoms with van der Waals surface area (Å²) in [6, 6.07) is 10.6. The van der Waals surface area contributed by atoms with Gasteiger partial charge in [-0.15, -0.1) is 0 Å². The van der Waals surface area contributed by atoms with Crippen LogP contribution in [0.15, 0.2) is 35.3 Å². The third-order valence-corrected chi connectivity index (χ3v) is 7.02. The molecule has 1 saturated heterocycles. The normalized spacial score (nSPS) is 21.4. The molecule has 9 heteroatoms. The summed E-state index contributed by atoms with van der Waals surface area (Å²) in [5.74, 6) is 1.61. The Labute approximate surface area is 198 Å². The molecule has 0 saturated carbocycles. The number of aromatic nitrogens is 3. The topological polar surface area (TPSA) is 88.0 Å². The SMILES string of the molecule is CC(c1ccc2c(c1)OCCO2)N1C[C@H](C)N(c2cc(=O)n(C)n3cc(CC#N)nc23)C[C@H]1C. The van der Waals surface area contributed by atoms with Crippen LogP contribution in [0.1, 0.15) is 38.1 Å². The van der Waals surface area contributed by atoms with Crippen LogP contribution in [-0.4, -0.2) is 57.5 Å². The first kappa shape index (κ1) is 22.3. The first-order chi connectivity index (χ1) is 16.4. The molecule has 178 valence electrons. The van der Waals surface area contributed by atoms with Crippen LogP contribution in [-0.2, 0) is 13.5 Å². The smallest absolute Gasteiger partial charge is 0.267 e. The Hall–Kier alpha value is -3.51. The van der Waals surface area contributed by atoms with Crippen LogP contribution in [0.3, 0.4) is 0 Å². The van der Waals surface area contributed by atoms with Gasteiger partial charge in [-0.25, -0.2) is 14.2 Å².